The van der Waals surface area contributed by atoms with Gasteiger partial charge in [0.25, 0.3) is 0 Å². The lowest BCUT2D eigenvalue weighted by Gasteiger charge is -2.17. The number of carbonyl (C=O) groups excluding carboxylic acids is 2. The minimum absolute atomic E-state index is 0.356. The molecule has 2 amide bonds. The van der Waals surface area contributed by atoms with Crippen molar-refractivity contribution >= 4 is 11.8 Å². The zero-order chi connectivity index (χ0) is 17.4. The second-order valence-electron chi connectivity index (χ2n) is 6.34. The van der Waals surface area contributed by atoms with Crippen LogP contribution in [0.25, 0.3) is 0 Å². The summed E-state index contributed by atoms with van der Waals surface area (Å²) in [4.78, 5) is 22.8. The Morgan fingerprint density at radius 3 is 2.26 bits per heavy atom. The number of carbonyl (C=O) groups is 2. The highest BCUT2D eigenvalue weighted by molar-refractivity contribution is 6.04. The standard InChI is InChI=1S/C19H28N2O2/c1-13(2)6-4-7-14(3)8-5-9-15-10-11-16(18(20)22)17(12-15)19(21)23/h6,8,10H,4-5,7,9,11-12H2,1-3H3,(H2,20,22)(H2,21,23). The molecular formula is C19H28N2O2. The number of primary amides is 2. The number of amides is 2. The predicted molar refractivity (Wildman–Crippen MR) is 94.4 cm³/mol. The minimum atomic E-state index is -0.552. The van der Waals surface area contributed by atoms with Crippen molar-refractivity contribution in [3.8, 4) is 0 Å². The Morgan fingerprint density at radius 2 is 1.70 bits per heavy atom. The summed E-state index contributed by atoms with van der Waals surface area (Å²) < 4.78 is 0. The van der Waals surface area contributed by atoms with E-state index in [2.05, 4.69) is 32.9 Å². The van der Waals surface area contributed by atoms with Crippen LogP contribution < -0.4 is 11.5 Å². The maximum Gasteiger partial charge on any atom is 0.245 e. The molecular weight excluding hydrogens is 288 g/mol. The van der Waals surface area contributed by atoms with Crippen molar-refractivity contribution in [3.05, 3.63) is 46.1 Å². The van der Waals surface area contributed by atoms with Gasteiger partial charge in [0.05, 0.1) is 0 Å². The van der Waals surface area contributed by atoms with Gasteiger partial charge >= 0.3 is 0 Å². The third kappa shape index (κ3) is 6.68. The molecule has 0 atom stereocenters. The highest BCUT2D eigenvalue weighted by Crippen LogP contribution is 2.27. The topological polar surface area (TPSA) is 86.2 Å². The fraction of sp³-hybridized carbons (Fsp3) is 0.474. The Morgan fingerprint density at radius 1 is 1.04 bits per heavy atom. The quantitative estimate of drug-likeness (QED) is 0.672. The Labute approximate surface area is 139 Å². The molecule has 0 aromatic heterocycles. The number of rotatable bonds is 8. The summed E-state index contributed by atoms with van der Waals surface area (Å²) in [5, 5.41) is 0. The molecule has 0 fully saturated rings. The van der Waals surface area contributed by atoms with Gasteiger partial charge in [0.15, 0.2) is 0 Å². The Hall–Kier alpha value is -2.10. The first-order valence-corrected chi connectivity index (χ1v) is 8.09. The van der Waals surface area contributed by atoms with E-state index in [-0.39, 0.29) is 0 Å². The second-order valence-corrected chi connectivity index (χ2v) is 6.34. The molecule has 4 heteroatoms. The average Bonchev–Trinajstić information content (AvgIpc) is 2.46. The summed E-state index contributed by atoms with van der Waals surface area (Å²) in [6.07, 6.45) is 11.3. The number of hydrogen-bond donors (Lipinski definition) is 2. The van der Waals surface area contributed by atoms with Crippen LogP contribution in [0.4, 0.5) is 0 Å². The first-order valence-electron chi connectivity index (χ1n) is 8.09. The first kappa shape index (κ1) is 18.9. The zero-order valence-electron chi connectivity index (χ0n) is 14.4. The van der Waals surface area contributed by atoms with Crippen molar-refractivity contribution in [1.29, 1.82) is 0 Å². The highest BCUT2D eigenvalue weighted by Gasteiger charge is 2.21. The average molecular weight is 316 g/mol. The van der Waals surface area contributed by atoms with Crippen LogP contribution in [0.2, 0.25) is 0 Å². The van der Waals surface area contributed by atoms with Crippen molar-refractivity contribution in [3.63, 3.8) is 0 Å². The van der Waals surface area contributed by atoms with Crippen LogP contribution in [0.5, 0.6) is 0 Å². The van der Waals surface area contributed by atoms with E-state index in [1.54, 1.807) is 0 Å². The molecule has 0 saturated carbocycles. The van der Waals surface area contributed by atoms with Crippen LogP contribution in [0, 0.1) is 0 Å². The van der Waals surface area contributed by atoms with Gasteiger partial charge in [-0.3, -0.25) is 9.59 Å². The van der Waals surface area contributed by atoms with Crippen LogP contribution in [0.15, 0.2) is 46.1 Å². The highest BCUT2D eigenvalue weighted by atomic mass is 16.2. The largest absolute Gasteiger partial charge is 0.366 e. The van der Waals surface area contributed by atoms with Gasteiger partial charge in [-0.15, -0.1) is 0 Å². The summed E-state index contributed by atoms with van der Waals surface area (Å²) in [6.45, 7) is 6.37. The molecule has 0 saturated heterocycles. The van der Waals surface area contributed by atoms with Crippen LogP contribution in [0.3, 0.4) is 0 Å². The van der Waals surface area contributed by atoms with Gasteiger partial charge in [-0.05, 0) is 59.3 Å². The SMILES string of the molecule is CC(C)=CCCC(C)=CCCC1=CCC(C(N)=O)=C(C(N)=O)C1. The van der Waals surface area contributed by atoms with Gasteiger partial charge in [-0.2, -0.15) is 0 Å². The molecule has 1 aliphatic carbocycles. The number of hydrogen-bond acceptors (Lipinski definition) is 2. The Bertz CT molecular complexity index is 588. The summed E-state index contributed by atoms with van der Waals surface area (Å²) in [5.41, 5.74) is 15.3. The molecule has 4 N–H and O–H groups in total. The summed E-state index contributed by atoms with van der Waals surface area (Å²) in [7, 11) is 0. The van der Waals surface area contributed by atoms with Gasteiger partial charge < -0.3 is 11.5 Å². The van der Waals surface area contributed by atoms with Gasteiger partial charge in [0, 0.05) is 11.1 Å². The monoisotopic (exact) mass is 316 g/mol. The zero-order valence-corrected chi connectivity index (χ0v) is 14.4. The van der Waals surface area contributed by atoms with Crippen LogP contribution >= 0.6 is 0 Å². The van der Waals surface area contributed by atoms with Crippen molar-refractivity contribution in [1.82, 2.24) is 0 Å². The van der Waals surface area contributed by atoms with E-state index >= 15 is 0 Å². The van der Waals surface area contributed by atoms with Crippen LogP contribution in [-0.2, 0) is 9.59 Å². The molecule has 23 heavy (non-hydrogen) atoms. The number of nitrogens with two attached hydrogens (primary N) is 2. The predicted octanol–water partition coefficient (Wildman–Crippen LogP) is 3.45. The van der Waals surface area contributed by atoms with E-state index in [0.717, 1.165) is 31.3 Å². The Balaban J connectivity index is 2.53. The normalized spacial score (nSPS) is 15.3. The third-order valence-electron chi connectivity index (χ3n) is 4.01. The lowest BCUT2D eigenvalue weighted by Crippen LogP contribution is -2.24. The molecule has 0 heterocycles. The summed E-state index contributed by atoms with van der Waals surface area (Å²) in [6, 6.07) is 0. The Kier molecular flexibility index (Phi) is 7.52. The van der Waals surface area contributed by atoms with E-state index in [1.807, 2.05) is 6.08 Å². The maximum atomic E-state index is 11.5. The minimum Gasteiger partial charge on any atom is -0.366 e. The fourth-order valence-electron chi connectivity index (χ4n) is 2.65. The molecule has 0 bridgehead atoms. The maximum absolute atomic E-state index is 11.5. The lowest BCUT2D eigenvalue weighted by molar-refractivity contribution is -0.117. The second kappa shape index (κ2) is 9.13. The van der Waals surface area contributed by atoms with Gasteiger partial charge in [0.2, 0.25) is 11.8 Å². The van der Waals surface area contributed by atoms with Crippen molar-refractivity contribution in [2.24, 2.45) is 11.5 Å². The van der Waals surface area contributed by atoms with E-state index in [9.17, 15) is 9.59 Å². The van der Waals surface area contributed by atoms with Crippen LogP contribution in [0.1, 0.15) is 59.3 Å². The van der Waals surface area contributed by atoms with E-state index in [0.29, 0.717) is 24.0 Å². The number of allylic oxidation sites excluding steroid dienone is 6. The van der Waals surface area contributed by atoms with E-state index in [4.69, 9.17) is 11.5 Å². The summed E-state index contributed by atoms with van der Waals surface area (Å²) in [5.74, 6) is -1.10. The first-order chi connectivity index (χ1) is 10.8. The smallest absolute Gasteiger partial charge is 0.245 e. The molecule has 126 valence electrons. The van der Waals surface area contributed by atoms with Gasteiger partial charge in [-0.25, -0.2) is 0 Å². The molecule has 0 aromatic carbocycles. The third-order valence-corrected chi connectivity index (χ3v) is 4.01. The fourth-order valence-corrected chi connectivity index (χ4v) is 2.65. The van der Waals surface area contributed by atoms with E-state index in [1.165, 1.54) is 11.1 Å². The molecule has 1 aliphatic rings. The van der Waals surface area contributed by atoms with Gasteiger partial charge in [0.1, 0.15) is 0 Å². The molecule has 4 nitrogen and oxygen atoms in total. The molecule has 0 radical (unpaired) electrons. The van der Waals surface area contributed by atoms with E-state index < -0.39 is 11.8 Å². The van der Waals surface area contributed by atoms with Crippen molar-refractivity contribution < 1.29 is 9.59 Å². The van der Waals surface area contributed by atoms with Crippen molar-refractivity contribution in [2.45, 2.75) is 59.3 Å². The summed E-state index contributed by atoms with van der Waals surface area (Å²) >= 11 is 0. The molecule has 0 aromatic rings. The lowest BCUT2D eigenvalue weighted by atomic mass is 9.88. The van der Waals surface area contributed by atoms with Crippen LogP contribution in [-0.4, -0.2) is 11.8 Å². The van der Waals surface area contributed by atoms with Crippen molar-refractivity contribution in [2.75, 3.05) is 0 Å². The molecule has 0 unspecified atom stereocenters. The molecule has 0 spiro atoms. The molecule has 0 aliphatic heterocycles. The molecule has 1 rings (SSSR count). The van der Waals surface area contributed by atoms with Gasteiger partial charge in [-0.1, -0.05) is 34.9 Å².